The summed E-state index contributed by atoms with van der Waals surface area (Å²) in [7, 11) is 1.23. The van der Waals surface area contributed by atoms with Gasteiger partial charge in [0.1, 0.15) is 11.7 Å². The highest BCUT2D eigenvalue weighted by Crippen LogP contribution is 2.41. The molecule has 2 atom stereocenters. The molecular weight excluding hydrogens is 436 g/mol. The van der Waals surface area contributed by atoms with E-state index in [1.807, 2.05) is 19.1 Å². The minimum atomic E-state index is -1.16. The molecule has 1 aliphatic heterocycles. The van der Waals surface area contributed by atoms with Crippen LogP contribution in [0.1, 0.15) is 24.0 Å². The minimum Gasteiger partial charge on any atom is -0.494 e. The summed E-state index contributed by atoms with van der Waals surface area (Å²) in [5.74, 6) is -1.90. The summed E-state index contributed by atoms with van der Waals surface area (Å²) in [5, 5.41) is 13.7. The Hall–Kier alpha value is -2.95. The first-order chi connectivity index (χ1) is 15.0. The smallest absolute Gasteiger partial charge is 0.319 e. The monoisotopic (exact) mass is 456 g/mol. The van der Waals surface area contributed by atoms with Crippen LogP contribution in [0.2, 0.25) is 5.02 Å². The van der Waals surface area contributed by atoms with Gasteiger partial charge in [-0.05, 0) is 42.3 Å². The van der Waals surface area contributed by atoms with Crippen molar-refractivity contribution in [2.45, 2.75) is 18.6 Å². The zero-order valence-corrected chi connectivity index (χ0v) is 18.6. The number of methoxy groups -OCH3 is 1. The first-order valence-electron chi connectivity index (χ1n) is 9.61. The van der Waals surface area contributed by atoms with Crippen LogP contribution < -0.4 is 10.1 Å². The van der Waals surface area contributed by atoms with E-state index in [0.717, 1.165) is 5.56 Å². The Labute approximate surface area is 190 Å². The summed E-state index contributed by atoms with van der Waals surface area (Å²) in [4.78, 5) is 25.3. The van der Waals surface area contributed by atoms with E-state index in [0.29, 0.717) is 39.3 Å². The molecule has 0 spiro atoms. The van der Waals surface area contributed by atoms with Gasteiger partial charge in [0.05, 0.1) is 30.4 Å². The van der Waals surface area contributed by atoms with Crippen LogP contribution >= 0.6 is 23.4 Å². The van der Waals surface area contributed by atoms with Gasteiger partial charge in [-0.15, -0.1) is 11.8 Å². The molecule has 6 nitrogen and oxygen atoms in total. The summed E-state index contributed by atoms with van der Waals surface area (Å²) < 4.78 is 10.3. The van der Waals surface area contributed by atoms with Crippen molar-refractivity contribution in [2.75, 3.05) is 13.7 Å². The number of ether oxygens (including phenoxy) is 2. The molecule has 1 N–H and O–H groups in total. The number of esters is 1. The second-order valence-corrected chi connectivity index (χ2v) is 8.16. The highest BCUT2D eigenvalue weighted by molar-refractivity contribution is 8.02. The molecule has 0 fully saturated rings. The summed E-state index contributed by atoms with van der Waals surface area (Å²) >= 11 is 7.26. The van der Waals surface area contributed by atoms with Crippen molar-refractivity contribution in [3.8, 4) is 11.8 Å². The van der Waals surface area contributed by atoms with Gasteiger partial charge in [0.2, 0.25) is 5.91 Å². The predicted octanol–water partition coefficient (Wildman–Crippen LogP) is 4.41. The van der Waals surface area contributed by atoms with E-state index >= 15 is 0 Å². The Kier molecular flexibility index (Phi) is 7.61. The van der Waals surface area contributed by atoms with Crippen molar-refractivity contribution in [1.82, 2.24) is 5.32 Å². The van der Waals surface area contributed by atoms with Crippen LogP contribution in [0.3, 0.4) is 0 Å². The lowest BCUT2D eigenvalue weighted by molar-refractivity contribution is -0.150. The number of hydrogen-bond acceptors (Lipinski definition) is 6. The number of carbonyl (C=O) groups excluding carboxylic acids is 2. The molecule has 0 aliphatic carbocycles. The van der Waals surface area contributed by atoms with Gasteiger partial charge in [0.25, 0.3) is 0 Å². The molecule has 0 unspecified atom stereocenters. The van der Waals surface area contributed by atoms with Gasteiger partial charge < -0.3 is 14.8 Å². The van der Waals surface area contributed by atoms with Crippen LogP contribution in [0.5, 0.6) is 5.75 Å². The van der Waals surface area contributed by atoms with Gasteiger partial charge in [-0.3, -0.25) is 9.59 Å². The lowest BCUT2D eigenvalue weighted by Gasteiger charge is -2.31. The zero-order chi connectivity index (χ0) is 22.4. The maximum atomic E-state index is 12.9. The van der Waals surface area contributed by atoms with Gasteiger partial charge in [0.15, 0.2) is 0 Å². The van der Waals surface area contributed by atoms with Crippen molar-refractivity contribution in [3.05, 3.63) is 75.3 Å². The molecule has 2 aromatic rings. The molecule has 8 heteroatoms. The Morgan fingerprint density at radius 1 is 1.19 bits per heavy atom. The average molecular weight is 457 g/mol. The lowest BCUT2D eigenvalue weighted by atomic mass is 9.78. The first-order valence-corrected chi connectivity index (χ1v) is 11.0. The molecule has 0 saturated carbocycles. The molecule has 160 valence electrons. The summed E-state index contributed by atoms with van der Waals surface area (Å²) in [5.41, 5.74) is 1.97. The minimum absolute atomic E-state index is 0.318. The topological polar surface area (TPSA) is 88.4 Å². The maximum Gasteiger partial charge on any atom is 0.319 e. The number of halogens is 1. The van der Waals surface area contributed by atoms with Crippen LogP contribution in [0.15, 0.2) is 59.1 Å². The van der Waals surface area contributed by atoms with E-state index in [1.165, 1.54) is 18.9 Å². The molecule has 0 radical (unpaired) electrons. The van der Waals surface area contributed by atoms with E-state index in [2.05, 4.69) is 11.4 Å². The standard InChI is InChI=1S/C23H21ClN2O4S/c1-3-30-17-10-6-15(7-11-17)19-18(12-25)22(26-21(27)20(19)23(28)29-2)31-13-14-4-8-16(24)9-5-14/h4-11,19-20H,3,13H2,1-2H3,(H,26,27)/t19-,20+/m0/s1. The molecule has 0 aromatic heterocycles. The van der Waals surface area contributed by atoms with Crippen molar-refractivity contribution < 1.29 is 19.1 Å². The number of allylic oxidation sites excluding steroid dienone is 1. The third-order valence-corrected chi connectivity index (χ3v) is 6.17. The zero-order valence-electron chi connectivity index (χ0n) is 17.1. The Bertz CT molecular complexity index is 1030. The molecule has 1 amide bonds. The SMILES string of the molecule is CCOc1ccc([C@H]2C(C#N)=C(SCc3ccc(Cl)cc3)NC(=O)[C@@H]2C(=O)OC)cc1. The van der Waals surface area contributed by atoms with Crippen molar-refractivity contribution in [2.24, 2.45) is 5.92 Å². The fraction of sp³-hybridized carbons (Fsp3) is 0.261. The number of rotatable bonds is 7. The molecule has 0 saturated heterocycles. The fourth-order valence-corrected chi connectivity index (χ4v) is 4.48. The van der Waals surface area contributed by atoms with E-state index in [9.17, 15) is 14.9 Å². The highest BCUT2D eigenvalue weighted by atomic mass is 35.5. The second kappa shape index (κ2) is 10.4. The van der Waals surface area contributed by atoms with Crippen LogP contribution in [-0.2, 0) is 20.1 Å². The second-order valence-electron chi connectivity index (χ2n) is 6.74. The maximum absolute atomic E-state index is 12.9. The molecule has 0 bridgehead atoms. The molecule has 2 aromatic carbocycles. The van der Waals surface area contributed by atoms with E-state index in [1.54, 1.807) is 36.4 Å². The Morgan fingerprint density at radius 3 is 2.45 bits per heavy atom. The van der Waals surface area contributed by atoms with E-state index in [4.69, 9.17) is 21.1 Å². The highest BCUT2D eigenvalue weighted by Gasteiger charge is 2.44. The first kappa shape index (κ1) is 22.7. The largest absolute Gasteiger partial charge is 0.494 e. The van der Waals surface area contributed by atoms with Crippen LogP contribution in [0.25, 0.3) is 0 Å². The number of carbonyl (C=O) groups is 2. The number of nitrogens with one attached hydrogen (secondary N) is 1. The summed E-state index contributed by atoms with van der Waals surface area (Å²) in [6.45, 7) is 2.40. The van der Waals surface area contributed by atoms with Crippen LogP contribution in [-0.4, -0.2) is 25.6 Å². The third kappa shape index (κ3) is 5.22. The number of amides is 1. The summed E-state index contributed by atoms with van der Waals surface area (Å²) in [6, 6.07) is 16.6. The molecule has 3 rings (SSSR count). The van der Waals surface area contributed by atoms with Crippen molar-refractivity contribution >= 4 is 35.2 Å². The quantitative estimate of drug-likeness (QED) is 0.490. The van der Waals surface area contributed by atoms with Gasteiger partial charge in [-0.25, -0.2) is 0 Å². The number of hydrogen-bond donors (Lipinski definition) is 1. The Balaban J connectivity index is 1.98. The number of thioether (sulfide) groups is 1. The van der Waals surface area contributed by atoms with Crippen LogP contribution in [0, 0.1) is 17.2 Å². The van der Waals surface area contributed by atoms with Gasteiger partial charge in [-0.2, -0.15) is 5.26 Å². The molecule has 31 heavy (non-hydrogen) atoms. The van der Waals surface area contributed by atoms with E-state index < -0.39 is 23.7 Å². The van der Waals surface area contributed by atoms with Crippen molar-refractivity contribution in [1.29, 1.82) is 5.26 Å². The normalized spacial score (nSPS) is 18.2. The van der Waals surface area contributed by atoms with Crippen LogP contribution in [0.4, 0.5) is 0 Å². The Morgan fingerprint density at radius 2 is 1.87 bits per heavy atom. The van der Waals surface area contributed by atoms with E-state index in [-0.39, 0.29) is 0 Å². The third-order valence-electron chi connectivity index (χ3n) is 4.83. The number of benzene rings is 2. The predicted molar refractivity (Wildman–Crippen MR) is 119 cm³/mol. The van der Waals surface area contributed by atoms with Gasteiger partial charge in [0, 0.05) is 16.7 Å². The molecule has 1 heterocycles. The van der Waals surface area contributed by atoms with Crippen molar-refractivity contribution in [3.63, 3.8) is 0 Å². The van der Waals surface area contributed by atoms with Gasteiger partial charge >= 0.3 is 5.97 Å². The number of nitrogens with zero attached hydrogens (tertiary/aromatic N) is 1. The van der Waals surface area contributed by atoms with Gasteiger partial charge in [-0.1, -0.05) is 35.9 Å². The molecular formula is C23H21ClN2O4S. The lowest BCUT2D eigenvalue weighted by Crippen LogP contribution is -2.44. The average Bonchev–Trinajstić information content (AvgIpc) is 2.78. The fourth-order valence-electron chi connectivity index (χ4n) is 3.35. The summed E-state index contributed by atoms with van der Waals surface area (Å²) in [6.07, 6.45) is 0. The molecule has 1 aliphatic rings. The number of nitriles is 1.